The van der Waals surface area contributed by atoms with Gasteiger partial charge in [-0.3, -0.25) is 4.98 Å². The van der Waals surface area contributed by atoms with Crippen molar-refractivity contribution < 1.29 is 4.39 Å². The lowest BCUT2D eigenvalue weighted by atomic mass is 10.1. The van der Waals surface area contributed by atoms with Crippen LogP contribution in [-0.4, -0.2) is 9.97 Å². The van der Waals surface area contributed by atoms with Crippen molar-refractivity contribution in [3.63, 3.8) is 0 Å². The highest BCUT2D eigenvalue weighted by Gasteiger charge is 2.05. The minimum absolute atomic E-state index is 0.187. The first-order chi connectivity index (χ1) is 7.31. The minimum Gasteiger partial charge on any atom is -0.265 e. The van der Waals surface area contributed by atoms with Gasteiger partial charge in [0.25, 0.3) is 0 Å². The molecule has 15 heavy (non-hydrogen) atoms. The molecule has 0 spiro atoms. The molecule has 0 aliphatic heterocycles. The average Bonchev–Trinajstić information content (AvgIpc) is 2.30. The molecule has 0 aromatic carbocycles. The molecule has 2 heterocycles. The summed E-state index contributed by atoms with van der Waals surface area (Å²) in [6, 6.07) is 6.47. The van der Waals surface area contributed by atoms with Crippen LogP contribution in [0.1, 0.15) is 5.69 Å². The largest absolute Gasteiger partial charge is 0.265 e. The Kier molecular flexibility index (Phi) is 2.38. The monoisotopic (exact) mass is 199 g/mol. The quantitative estimate of drug-likeness (QED) is 0.707. The summed E-state index contributed by atoms with van der Waals surface area (Å²) >= 11 is 0. The maximum absolute atomic E-state index is 13.2. The lowest BCUT2D eigenvalue weighted by molar-refractivity contribution is 0.617. The topological polar surface area (TPSA) is 49.6 Å². The van der Waals surface area contributed by atoms with Crippen molar-refractivity contribution in [1.29, 1.82) is 5.26 Å². The van der Waals surface area contributed by atoms with Crippen LogP contribution >= 0.6 is 0 Å². The molecule has 2 aromatic heterocycles. The second kappa shape index (κ2) is 3.84. The normalized spacial score (nSPS) is 9.60. The SMILES string of the molecule is N#Cc1ncc(-c2ccncc2)cc1F. The van der Waals surface area contributed by atoms with Gasteiger partial charge in [-0.15, -0.1) is 0 Å². The Morgan fingerprint density at radius 3 is 2.53 bits per heavy atom. The smallest absolute Gasteiger partial charge is 0.176 e. The van der Waals surface area contributed by atoms with Gasteiger partial charge in [0.05, 0.1) is 0 Å². The van der Waals surface area contributed by atoms with Crippen LogP contribution in [0.2, 0.25) is 0 Å². The van der Waals surface area contributed by atoms with Gasteiger partial charge in [0, 0.05) is 24.2 Å². The Morgan fingerprint density at radius 2 is 1.93 bits per heavy atom. The number of hydrogen-bond acceptors (Lipinski definition) is 3. The van der Waals surface area contributed by atoms with Gasteiger partial charge in [0.2, 0.25) is 0 Å². The molecule has 2 rings (SSSR count). The summed E-state index contributed by atoms with van der Waals surface area (Å²) in [6.07, 6.45) is 4.70. The van der Waals surface area contributed by atoms with Crippen LogP contribution in [0.25, 0.3) is 11.1 Å². The fourth-order valence-electron chi connectivity index (χ4n) is 1.22. The van der Waals surface area contributed by atoms with Crippen molar-refractivity contribution in [2.75, 3.05) is 0 Å². The van der Waals surface area contributed by atoms with Gasteiger partial charge in [-0.25, -0.2) is 9.37 Å². The van der Waals surface area contributed by atoms with E-state index in [-0.39, 0.29) is 5.69 Å². The molecule has 72 valence electrons. The summed E-state index contributed by atoms with van der Waals surface area (Å²) < 4.78 is 13.2. The maximum atomic E-state index is 13.2. The fraction of sp³-hybridized carbons (Fsp3) is 0. The highest BCUT2D eigenvalue weighted by Crippen LogP contribution is 2.18. The van der Waals surface area contributed by atoms with Gasteiger partial charge in [0.15, 0.2) is 11.5 Å². The molecule has 0 atom stereocenters. The summed E-state index contributed by atoms with van der Waals surface area (Å²) in [5.74, 6) is -0.605. The maximum Gasteiger partial charge on any atom is 0.176 e. The number of hydrogen-bond donors (Lipinski definition) is 0. The van der Waals surface area contributed by atoms with E-state index in [0.29, 0.717) is 5.56 Å². The minimum atomic E-state index is -0.605. The Balaban J connectivity index is 2.49. The third-order valence-corrected chi connectivity index (χ3v) is 1.96. The van der Waals surface area contributed by atoms with Gasteiger partial charge >= 0.3 is 0 Å². The molecule has 0 saturated carbocycles. The Labute approximate surface area is 85.9 Å². The zero-order valence-corrected chi connectivity index (χ0v) is 7.68. The van der Waals surface area contributed by atoms with Gasteiger partial charge < -0.3 is 0 Å². The zero-order valence-electron chi connectivity index (χ0n) is 7.68. The average molecular weight is 199 g/mol. The van der Waals surface area contributed by atoms with E-state index in [2.05, 4.69) is 9.97 Å². The van der Waals surface area contributed by atoms with Crippen molar-refractivity contribution >= 4 is 0 Å². The summed E-state index contributed by atoms with van der Waals surface area (Å²) in [7, 11) is 0. The van der Waals surface area contributed by atoms with Crippen LogP contribution in [-0.2, 0) is 0 Å². The molecule has 0 radical (unpaired) electrons. The first kappa shape index (κ1) is 9.28. The van der Waals surface area contributed by atoms with Crippen molar-refractivity contribution in [2.45, 2.75) is 0 Å². The number of halogens is 1. The van der Waals surface area contributed by atoms with E-state index in [1.54, 1.807) is 30.6 Å². The van der Waals surface area contributed by atoms with Gasteiger partial charge in [-0.2, -0.15) is 5.26 Å². The van der Waals surface area contributed by atoms with E-state index in [1.165, 1.54) is 12.3 Å². The van der Waals surface area contributed by atoms with Crippen molar-refractivity contribution in [3.05, 3.63) is 48.3 Å². The van der Waals surface area contributed by atoms with Gasteiger partial charge in [-0.1, -0.05) is 0 Å². The van der Waals surface area contributed by atoms with E-state index < -0.39 is 5.82 Å². The molecule has 0 bridgehead atoms. The molecular weight excluding hydrogens is 193 g/mol. The Bertz CT molecular complexity index is 517. The molecule has 0 aliphatic rings. The summed E-state index contributed by atoms with van der Waals surface area (Å²) in [4.78, 5) is 7.58. The molecule has 0 unspecified atom stereocenters. The van der Waals surface area contributed by atoms with Gasteiger partial charge in [0.1, 0.15) is 6.07 Å². The lowest BCUT2D eigenvalue weighted by Crippen LogP contribution is -1.90. The summed E-state index contributed by atoms with van der Waals surface area (Å²) in [5.41, 5.74) is 1.27. The Hall–Kier alpha value is -2.28. The summed E-state index contributed by atoms with van der Waals surface area (Å²) in [5, 5.41) is 8.52. The second-order valence-corrected chi connectivity index (χ2v) is 2.90. The van der Waals surface area contributed by atoms with E-state index >= 15 is 0 Å². The van der Waals surface area contributed by atoms with Crippen LogP contribution in [0.3, 0.4) is 0 Å². The molecule has 2 aromatic rings. The van der Waals surface area contributed by atoms with Crippen molar-refractivity contribution in [1.82, 2.24) is 9.97 Å². The third-order valence-electron chi connectivity index (χ3n) is 1.96. The van der Waals surface area contributed by atoms with Gasteiger partial charge in [-0.05, 0) is 23.8 Å². The molecule has 4 heteroatoms. The second-order valence-electron chi connectivity index (χ2n) is 2.90. The molecule has 0 fully saturated rings. The van der Waals surface area contributed by atoms with E-state index in [4.69, 9.17) is 5.26 Å². The first-order valence-electron chi connectivity index (χ1n) is 4.27. The molecule has 0 amide bonds. The number of nitriles is 1. The number of pyridine rings is 2. The van der Waals surface area contributed by atoms with Crippen LogP contribution in [0, 0.1) is 17.1 Å². The highest BCUT2D eigenvalue weighted by atomic mass is 19.1. The van der Waals surface area contributed by atoms with Crippen molar-refractivity contribution in [2.24, 2.45) is 0 Å². The highest BCUT2D eigenvalue weighted by molar-refractivity contribution is 5.62. The van der Waals surface area contributed by atoms with Crippen molar-refractivity contribution in [3.8, 4) is 17.2 Å². The molecular formula is C11H6FN3. The summed E-state index contributed by atoms with van der Waals surface area (Å²) in [6.45, 7) is 0. The van der Waals surface area contributed by atoms with E-state index in [9.17, 15) is 4.39 Å². The zero-order chi connectivity index (χ0) is 10.7. The molecule has 0 aliphatic carbocycles. The molecule has 0 saturated heterocycles. The molecule has 0 N–H and O–H groups in total. The number of rotatable bonds is 1. The van der Waals surface area contributed by atoms with E-state index in [0.717, 1.165) is 5.56 Å². The predicted octanol–water partition coefficient (Wildman–Crippen LogP) is 2.15. The Morgan fingerprint density at radius 1 is 1.20 bits per heavy atom. The fourth-order valence-corrected chi connectivity index (χ4v) is 1.22. The third kappa shape index (κ3) is 1.81. The standard InChI is InChI=1S/C11H6FN3/c12-10-5-9(7-15-11(10)6-13)8-1-3-14-4-2-8/h1-5,7H. The van der Waals surface area contributed by atoms with Crippen LogP contribution < -0.4 is 0 Å². The van der Waals surface area contributed by atoms with Crippen LogP contribution in [0.15, 0.2) is 36.8 Å². The predicted molar refractivity (Wildman–Crippen MR) is 52.1 cm³/mol. The number of nitrogens with zero attached hydrogens (tertiary/aromatic N) is 3. The first-order valence-corrected chi connectivity index (χ1v) is 4.27. The number of aromatic nitrogens is 2. The van der Waals surface area contributed by atoms with E-state index in [1.807, 2.05) is 0 Å². The van der Waals surface area contributed by atoms with Crippen LogP contribution in [0.4, 0.5) is 4.39 Å². The van der Waals surface area contributed by atoms with Crippen LogP contribution in [0.5, 0.6) is 0 Å². The lowest BCUT2D eigenvalue weighted by Gasteiger charge is -2.00. The molecule has 3 nitrogen and oxygen atoms in total.